The number of ether oxygens (including phenoxy) is 1. The number of hydrogen-bond acceptors (Lipinski definition) is 7. The minimum absolute atomic E-state index is 0.0522. The summed E-state index contributed by atoms with van der Waals surface area (Å²) in [5.41, 5.74) is 1.64. The molecule has 0 bridgehead atoms. The Labute approximate surface area is 189 Å². The normalized spacial score (nSPS) is 16.5. The van der Waals surface area contributed by atoms with Gasteiger partial charge in [-0.05, 0) is 60.2 Å². The molecule has 1 N–H and O–H groups in total. The zero-order valence-electron chi connectivity index (χ0n) is 17.3. The molecule has 0 spiro atoms. The van der Waals surface area contributed by atoms with Crippen molar-refractivity contribution in [3.8, 4) is 11.5 Å². The molecular weight excluding hydrogens is 426 g/mol. The van der Waals surface area contributed by atoms with Crippen LogP contribution >= 0.6 is 11.8 Å². The molecule has 1 saturated heterocycles. The molecule has 7 nitrogen and oxygen atoms in total. The van der Waals surface area contributed by atoms with Crippen LogP contribution in [0, 0.1) is 0 Å². The van der Waals surface area contributed by atoms with Crippen LogP contribution in [0.1, 0.15) is 23.8 Å². The van der Waals surface area contributed by atoms with Gasteiger partial charge in [0, 0.05) is 0 Å². The van der Waals surface area contributed by atoms with E-state index in [1.54, 1.807) is 48.9 Å². The highest BCUT2D eigenvalue weighted by Crippen LogP contribution is 2.35. The van der Waals surface area contributed by atoms with E-state index in [-0.39, 0.29) is 18.2 Å². The molecule has 0 saturated carbocycles. The number of thioether (sulfide) groups is 1. The van der Waals surface area contributed by atoms with Gasteiger partial charge in [0.05, 0.1) is 30.5 Å². The topological polar surface area (TPSA) is 87.6 Å². The molecule has 2 aromatic carbocycles. The number of rotatable bonds is 7. The summed E-state index contributed by atoms with van der Waals surface area (Å²) in [7, 11) is 0. The van der Waals surface area contributed by atoms with Gasteiger partial charge < -0.3 is 14.3 Å². The Balaban J connectivity index is 1.62. The molecule has 0 radical (unpaired) electrons. The van der Waals surface area contributed by atoms with E-state index in [0.29, 0.717) is 28.2 Å². The number of carbonyl (C=O) groups is 1. The van der Waals surface area contributed by atoms with Gasteiger partial charge in [0.25, 0.3) is 5.91 Å². The second kappa shape index (κ2) is 10.0. The van der Waals surface area contributed by atoms with Crippen LogP contribution in [0.15, 0.2) is 86.5 Å². The van der Waals surface area contributed by atoms with Crippen LogP contribution in [0.5, 0.6) is 11.5 Å². The van der Waals surface area contributed by atoms with Gasteiger partial charge in [-0.15, -0.1) is 5.10 Å². The minimum atomic E-state index is -0.203. The summed E-state index contributed by atoms with van der Waals surface area (Å²) >= 11 is 1.23. The lowest BCUT2D eigenvalue weighted by molar-refractivity contribution is -0.122. The molecule has 1 fully saturated rings. The van der Waals surface area contributed by atoms with Crippen LogP contribution in [-0.4, -0.2) is 33.9 Å². The van der Waals surface area contributed by atoms with Gasteiger partial charge in [0.15, 0.2) is 16.7 Å². The summed E-state index contributed by atoms with van der Waals surface area (Å²) in [5.74, 6) is 0.858. The number of nitrogens with zero attached hydrogens (tertiary/aromatic N) is 3. The third kappa shape index (κ3) is 5.09. The SMILES string of the molecule is CCOc1cc(/C=C2\S/C(=N\N=C\c3ccccc3)N(Cc3ccco3)C2=O)ccc1O. The number of amides is 1. The monoisotopic (exact) mass is 447 g/mol. The minimum Gasteiger partial charge on any atom is -0.504 e. The molecule has 162 valence electrons. The Hall–Kier alpha value is -3.78. The number of phenols is 1. The summed E-state index contributed by atoms with van der Waals surface area (Å²) in [4.78, 5) is 15.2. The molecule has 0 atom stereocenters. The van der Waals surface area contributed by atoms with E-state index in [1.807, 2.05) is 37.3 Å². The molecular formula is C24H21N3O4S. The van der Waals surface area contributed by atoms with E-state index in [1.165, 1.54) is 16.7 Å². The van der Waals surface area contributed by atoms with E-state index in [2.05, 4.69) is 10.2 Å². The molecule has 4 rings (SSSR count). The first-order chi connectivity index (χ1) is 15.6. The Morgan fingerprint density at radius 3 is 2.72 bits per heavy atom. The third-order valence-electron chi connectivity index (χ3n) is 4.51. The fourth-order valence-corrected chi connectivity index (χ4v) is 3.94. The van der Waals surface area contributed by atoms with Crippen molar-refractivity contribution in [3.05, 3.63) is 88.7 Å². The molecule has 0 unspecified atom stereocenters. The second-order valence-corrected chi connectivity index (χ2v) is 7.79. The van der Waals surface area contributed by atoms with E-state index in [4.69, 9.17) is 9.15 Å². The second-order valence-electron chi connectivity index (χ2n) is 6.78. The fourth-order valence-electron chi connectivity index (χ4n) is 3.01. The number of hydrogen-bond donors (Lipinski definition) is 1. The van der Waals surface area contributed by atoms with Crippen molar-refractivity contribution < 1.29 is 19.1 Å². The zero-order valence-corrected chi connectivity index (χ0v) is 18.2. The van der Waals surface area contributed by atoms with Crippen LogP contribution in [0.25, 0.3) is 6.08 Å². The van der Waals surface area contributed by atoms with Gasteiger partial charge in [-0.1, -0.05) is 36.4 Å². The van der Waals surface area contributed by atoms with Crippen LogP contribution in [0.4, 0.5) is 0 Å². The first kappa shape index (κ1) is 21.5. The highest BCUT2D eigenvalue weighted by molar-refractivity contribution is 8.18. The standard InChI is InChI=1S/C24H21N3O4S/c1-2-30-21-13-18(10-11-20(21)28)14-22-23(29)27(16-19-9-6-12-31-19)24(32-22)26-25-15-17-7-4-3-5-8-17/h3-15,28H,2,16H2,1H3/b22-14-,25-15+,26-24-. The number of furan rings is 1. The molecule has 1 aliphatic heterocycles. The van der Waals surface area contributed by atoms with Crippen molar-refractivity contribution in [2.45, 2.75) is 13.5 Å². The Morgan fingerprint density at radius 1 is 1.12 bits per heavy atom. The lowest BCUT2D eigenvalue weighted by Crippen LogP contribution is -2.28. The molecule has 1 aromatic heterocycles. The molecule has 2 heterocycles. The first-order valence-corrected chi connectivity index (χ1v) is 10.8. The maximum Gasteiger partial charge on any atom is 0.267 e. The van der Waals surface area contributed by atoms with Gasteiger partial charge in [-0.25, -0.2) is 0 Å². The van der Waals surface area contributed by atoms with Gasteiger partial charge >= 0.3 is 0 Å². The summed E-state index contributed by atoms with van der Waals surface area (Å²) in [6, 6.07) is 18.1. The van der Waals surface area contributed by atoms with Gasteiger partial charge in [-0.3, -0.25) is 9.69 Å². The third-order valence-corrected chi connectivity index (χ3v) is 5.51. The van der Waals surface area contributed by atoms with Crippen LogP contribution < -0.4 is 4.74 Å². The van der Waals surface area contributed by atoms with Gasteiger partial charge in [0.1, 0.15) is 5.76 Å². The fraction of sp³-hybridized carbons (Fsp3) is 0.125. The van der Waals surface area contributed by atoms with Crippen molar-refractivity contribution in [1.82, 2.24) is 4.90 Å². The van der Waals surface area contributed by atoms with Gasteiger partial charge in [0.2, 0.25) is 0 Å². The van der Waals surface area contributed by atoms with E-state index >= 15 is 0 Å². The Bertz CT molecular complexity index is 1170. The van der Waals surface area contributed by atoms with Crippen molar-refractivity contribution in [2.24, 2.45) is 10.2 Å². The zero-order chi connectivity index (χ0) is 22.3. The quantitative estimate of drug-likeness (QED) is 0.317. The highest BCUT2D eigenvalue weighted by Gasteiger charge is 2.34. The number of phenolic OH excluding ortho intramolecular Hbond substituents is 1. The van der Waals surface area contributed by atoms with E-state index in [9.17, 15) is 9.90 Å². The van der Waals surface area contributed by atoms with Gasteiger partial charge in [-0.2, -0.15) is 5.10 Å². The predicted molar refractivity (Wildman–Crippen MR) is 126 cm³/mol. The van der Waals surface area contributed by atoms with Crippen molar-refractivity contribution >= 4 is 35.1 Å². The lowest BCUT2D eigenvalue weighted by atomic mass is 10.2. The average Bonchev–Trinajstić information content (AvgIpc) is 3.41. The molecule has 32 heavy (non-hydrogen) atoms. The first-order valence-electron chi connectivity index (χ1n) is 9.99. The van der Waals surface area contributed by atoms with Crippen LogP contribution in [0.3, 0.4) is 0 Å². The largest absolute Gasteiger partial charge is 0.504 e. The van der Waals surface area contributed by atoms with E-state index < -0.39 is 0 Å². The number of carbonyl (C=O) groups excluding carboxylic acids is 1. The smallest absolute Gasteiger partial charge is 0.267 e. The summed E-state index contributed by atoms with van der Waals surface area (Å²) in [5, 5.41) is 18.8. The maximum atomic E-state index is 13.1. The molecule has 1 amide bonds. The summed E-state index contributed by atoms with van der Waals surface area (Å²) in [6.07, 6.45) is 4.95. The number of aromatic hydroxyl groups is 1. The molecule has 3 aromatic rings. The molecule has 1 aliphatic rings. The predicted octanol–water partition coefficient (Wildman–Crippen LogP) is 4.89. The lowest BCUT2D eigenvalue weighted by Gasteiger charge is -2.12. The Morgan fingerprint density at radius 2 is 1.97 bits per heavy atom. The van der Waals surface area contributed by atoms with Crippen LogP contribution in [-0.2, 0) is 11.3 Å². The summed E-state index contributed by atoms with van der Waals surface area (Å²) < 4.78 is 10.9. The maximum absolute atomic E-state index is 13.1. The summed E-state index contributed by atoms with van der Waals surface area (Å²) in [6.45, 7) is 2.51. The molecule has 0 aliphatic carbocycles. The highest BCUT2D eigenvalue weighted by atomic mass is 32.2. The molecule has 8 heteroatoms. The van der Waals surface area contributed by atoms with Crippen molar-refractivity contribution in [2.75, 3.05) is 6.61 Å². The number of amidine groups is 1. The average molecular weight is 448 g/mol. The Kier molecular flexibility index (Phi) is 6.72. The van der Waals surface area contributed by atoms with Crippen molar-refractivity contribution in [1.29, 1.82) is 0 Å². The van der Waals surface area contributed by atoms with Crippen LogP contribution in [0.2, 0.25) is 0 Å². The van der Waals surface area contributed by atoms with E-state index in [0.717, 1.165) is 11.1 Å². The number of benzene rings is 2. The van der Waals surface area contributed by atoms with Crippen molar-refractivity contribution in [3.63, 3.8) is 0 Å².